The number of hydrogen-bond donors (Lipinski definition) is 0. The molecule has 2 nitrogen and oxygen atoms in total. The molecular formula is C10H10ClNO. The van der Waals surface area contributed by atoms with Crippen molar-refractivity contribution in [3.05, 3.63) is 28.8 Å². The Hall–Kier alpha value is -1.20. The molecule has 0 saturated heterocycles. The van der Waals surface area contributed by atoms with Crippen molar-refractivity contribution in [2.24, 2.45) is 0 Å². The van der Waals surface area contributed by atoms with Gasteiger partial charge in [-0.1, -0.05) is 11.6 Å². The summed E-state index contributed by atoms with van der Waals surface area (Å²) >= 11 is 5.78. The van der Waals surface area contributed by atoms with Gasteiger partial charge in [0.15, 0.2) is 0 Å². The molecule has 3 heteroatoms. The maximum Gasteiger partial charge on any atom is 0.122 e. The van der Waals surface area contributed by atoms with E-state index in [1.165, 1.54) is 0 Å². The summed E-state index contributed by atoms with van der Waals surface area (Å²) in [5.74, 6) is 0.638. The van der Waals surface area contributed by atoms with Crippen LogP contribution in [0.15, 0.2) is 18.2 Å². The molecule has 0 unspecified atom stereocenters. The Labute approximate surface area is 82.7 Å². The molecule has 0 N–H and O–H groups in total. The minimum absolute atomic E-state index is 0.0880. The van der Waals surface area contributed by atoms with Gasteiger partial charge in [0, 0.05) is 5.02 Å². The lowest BCUT2D eigenvalue weighted by Gasteiger charge is -2.09. The summed E-state index contributed by atoms with van der Waals surface area (Å²) in [5, 5.41) is 9.18. The largest absolute Gasteiger partial charge is 0.491 e. The zero-order valence-electron chi connectivity index (χ0n) is 7.54. The predicted molar refractivity (Wildman–Crippen MR) is 51.9 cm³/mol. The highest BCUT2D eigenvalue weighted by Crippen LogP contribution is 2.21. The maximum atomic E-state index is 8.66. The third kappa shape index (κ3) is 2.96. The average molecular weight is 196 g/mol. The topological polar surface area (TPSA) is 33.0 Å². The number of nitriles is 1. The van der Waals surface area contributed by atoms with Gasteiger partial charge in [-0.25, -0.2) is 0 Å². The van der Waals surface area contributed by atoms with Gasteiger partial charge in [-0.05, 0) is 32.0 Å². The van der Waals surface area contributed by atoms with E-state index >= 15 is 0 Å². The first-order valence-corrected chi connectivity index (χ1v) is 4.37. The number of rotatable bonds is 2. The number of halogens is 1. The normalized spacial score (nSPS) is 9.77. The van der Waals surface area contributed by atoms with Crippen molar-refractivity contribution in [2.45, 2.75) is 20.0 Å². The van der Waals surface area contributed by atoms with Crippen LogP contribution in [0, 0.1) is 11.3 Å². The molecule has 0 atom stereocenters. The Kier molecular flexibility index (Phi) is 3.16. The zero-order chi connectivity index (χ0) is 9.84. The molecule has 0 radical (unpaired) electrons. The monoisotopic (exact) mass is 195 g/mol. The Bertz CT molecular complexity index is 341. The molecule has 0 fully saturated rings. The van der Waals surface area contributed by atoms with Gasteiger partial charge in [-0.15, -0.1) is 0 Å². The van der Waals surface area contributed by atoms with E-state index in [0.717, 1.165) is 0 Å². The van der Waals surface area contributed by atoms with E-state index < -0.39 is 0 Å². The van der Waals surface area contributed by atoms with Gasteiger partial charge in [-0.3, -0.25) is 0 Å². The highest BCUT2D eigenvalue weighted by atomic mass is 35.5. The van der Waals surface area contributed by atoms with Crippen LogP contribution < -0.4 is 4.74 Å². The molecule has 1 aromatic rings. The fourth-order valence-corrected chi connectivity index (χ4v) is 1.19. The molecule has 0 aliphatic heterocycles. The molecule has 0 amide bonds. The van der Waals surface area contributed by atoms with Gasteiger partial charge in [0.1, 0.15) is 5.75 Å². The van der Waals surface area contributed by atoms with Crippen LogP contribution in [0.4, 0.5) is 0 Å². The molecule has 1 rings (SSSR count). The Morgan fingerprint density at radius 3 is 2.62 bits per heavy atom. The standard InChI is InChI=1S/C10H10ClNO/c1-7(2)13-10-4-8(6-12)3-9(11)5-10/h3-5,7H,1-2H3. The van der Waals surface area contributed by atoms with E-state index in [4.69, 9.17) is 21.6 Å². The highest BCUT2D eigenvalue weighted by Gasteiger charge is 2.01. The molecule has 0 bridgehead atoms. The van der Waals surface area contributed by atoms with Crippen LogP contribution in [0.1, 0.15) is 19.4 Å². The lowest BCUT2D eigenvalue weighted by atomic mass is 10.2. The second kappa shape index (κ2) is 4.15. The van der Waals surface area contributed by atoms with E-state index in [0.29, 0.717) is 16.3 Å². The van der Waals surface area contributed by atoms with Crippen molar-refractivity contribution >= 4 is 11.6 Å². The summed E-state index contributed by atoms with van der Waals surface area (Å²) < 4.78 is 5.40. The van der Waals surface area contributed by atoms with Crippen LogP contribution in [0.3, 0.4) is 0 Å². The first-order chi connectivity index (χ1) is 6.11. The van der Waals surface area contributed by atoms with Gasteiger partial charge in [0.25, 0.3) is 0 Å². The minimum atomic E-state index is 0.0880. The van der Waals surface area contributed by atoms with Gasteiger partial charge >= 0.3 is 0 Å². The van der Waals surface area contributed by atoms with Gasteiger partial charge in [0.2, 0.25) is 0 Å². The van der Waals surface area contributed by atoms with E-state index in [1.807, 2.05) is 19.9 Å². The maximum absolute atomic E-state index is 8.66. The van der Waals surface area contributed by atoms with Crippen LogP contribution >= 0.6 is 11.6 Å². The number of hydrogen-bond acceptors (Lipinski definition) is 2. The molecule has 13 heavy (non-hydrogen) atoms. The molecule has 0 saturated carbocycles. The molecule has 68 valence electrons. The third-order valence-electron chi connectivity index (χ3n) is 1.37. The quantitative estimate of drug-likeness (QED) is 0.727. The molecular weight excluding hydrogens is 186 g/mol. The van der Waals surface area contributed by atoms with Crippen molar-refractivity contribution < 1.29 is 4.74 Å². The second-order valence-electron chi connectivity index (χ2n) is 2.95. The smallest absolute Gasteiger partial charge is 0.122 e. The molecule has 0 aromatic heterocycles. The summed E-state index contributed by atoms with van der Waals surface area (Å²) in [4.78, 5) is 0. The highest BCUT2D eigenvalue weighted by molar-refractivity contribution is 6.30. The van der Waals surface area contributed by atoms with E-state index in [1.54, 1.807) is 18.2 Å². The lowest BCUT2D eigenvalue weighted by molar-refractivity contribution is 0.242. The second-order valence-corrected chi connectivity index (χ2v) is 3.39. The van der Waals surface area contributed by atoms with Crippen molar-refractivity contribution in [3.8, 4) is 11.8 Å². The first-order valence-electron chi connectivity index (χ1n) is 3.99. The van der Waals surface area contributed by atoms with Crippen LogP contribution in [0.25, 0.3) is 0 Å². The number of benzene rings is 1. The molecule has 0 aliphatic rings. The molecule has 1 aromatic carbocycles. The van der Waals surface area contributed by atoms with Crippen LogP contribution in [-0.2, 0) is 0 Å². The summed E-state index contributed by atoms with van der Waals surface area (Å²) in [5.41, 5.74) is 0.517. The Morgan fingerprint density at radius 1 is 1.38 bits per heavy atom. The fourth-order valence-electron chi connectivity index (χ4n) is 0.967. The zero-order valence-corrected chi connectivity index (χ0v) is 8.30. The predicted octanol–water partition coefficient (Wildman–Crippen LogP) is 3.00. The van der Waals surface area contributed by atoms with Crippen molar-refractivity contribution in [3.63, 3.8) is 0 Å². The lowest BCUT2D eigenvalue weighted by Crippen LogP contribution is -2.05. The Morgan fingerprint density at radius 2 is 2.08 bits per heavy atom. The van der Waals surface area contributed by atoms with Crippen molar-refractivity contribution in [1.29, 1.82) is 5.26 Å². The first kappa shape index (κ1) is 9.88. The van der Waals surface area contributed by atoms with E-state index in [9.17, 15) is 0 Å². The van der Waals surface area contributed by atoms with Gasteiger partial charge in [-0.2, -0.15) is 5.26 Å². The third-order valence-corrected chi connectivity index (χ3v) is 1.59. The summed E-state index contributed by atoms with van der Waals surface area (Å²) in [7, 11) is 0. The number of nitrogens with zero attached hydrogens (tertiary/aromatic N) is 1. The molecule has 0 spiro atoms. The molecule has 0 heterocycles. The minimum Gasteiger partial charge on any atom is -0.491 e. The van der Waals surface area contributed by atoms with Gasteiger partial charge in [0.05, 0.1) is 17.7 Å². The van der Waals surface area contributed by atoms with Crippen LogP contribution in [0.5, 0.6) is 5.75 Å². The van der Waals surface area contributed by atoms with E-state index in [2.05, 4.69) is 0 Å². The van der Waals surface area contributed by atoms with E-state index in [-0.39, 0.29) is 6.10 Å². The SMILES string of the molecule is CC(C)Oc1cc(Cl)cc(C#N)c1. The summed E-state index contributed by atoms with van der Waals surface area (Å²) in [6.07, 6.45) is 0.0880. The van der Waals surface area contributed by atoms with Crippen molar-refractivity contribution in [2.75, 3.05) is 0 Å². The Balaban J connectivity index is 2.96. The summed E-state index contributed by atoms with van der Waals surface area (Å²) in [6.45, 7) is 3.85. The van der Waals surface area contributed by atoms with Gasteiger partial charge < -0.3 is 4.74 Å². The fraction of sp³-hybridized carbons (Fsp3) is 0.300. The average Bonchev–Trinajstić information content (AvgIpc) is 2.01. The number of ether oxygens (including phenoxy) is 1. The molecule has 0 aliphatic carbocycles. The summed E-state index contributed by atoms with van der Waals surface area (Å²) in [6, 6.07) is 6.99. The van der Waals surface area contributed by atoms with Crippen LogP contribution in [0.2, 0.25) is 5.02 Å². The van der Waals surface area contributed by atoms with Crippen molar-refractivity contribution in [1.82, 2.24) is 0 Å². The van der Waals surface area contributed by atoms with Crippen LogP contribution in [-0.4, -0.2) is 6.10 Å².